The van der Waals surface area contributed by atoms with Crippen molar-refractivity contribution in [1.82, 2.24) is 14.0 Å². The van der Waals surface area contributed by atoms with E-state index in [2.05, 4.69) is 0 Å². The molecule has 0 aliphatic carbocycles. The van der Waals surface area contributed by atoms with Gasteiger partial charge in [0, 0.05) is 40.3 Å². The van der Waals surface area contributed by atoms with Crippen LogP contribution in [0.5, 0.6) is 0 Å². The Bertz CT molecular complexity index is 860. The molecule has 2 saturated heterocycles. The standard InChI is InChI=1S/C17H23N5O4/c1-19-14(13(10-18)16(24)20(2)17(19)25)22-5-3-4-12(11-22)15(23)21-6-8-26-9-7-21/h12H,3-9,11H2,1-2H3/t12-/m1/s1. The van der Waals surface area contributed by atoms with Gasteiger partial charge in [0.25, 0.3) is 5.56 Å². The lowest BCUT2D eigenvalue weighted by Gasteiger charge is -2.37. The van der Waals surface area contributed by atoms with Crippen molar-refractivity contribution in [2.24, 2.45) is 20.0 Å². The Morgan fingerprint density at radius 2 is 1.85 bits per heavy atom. The first-order valence-corrected chi connectivity index (χ1v) is 8.77. The highest BCUT2D eigenvalue weighted by molar-refractivity contribution is 5.80. The van der Waals surface area contributed by atoms with Gasteiger partial charge in [-0.2, -0.15) is 5.26 Å². The highest BCUT2D eigenvalue weighted by atomic mass is 16.5. The molecule has 2 fully saturated rings. The summed E-state index contributed by atoms with van der Waals surface area (Å²) in [5.74, 6) is 0.165. The van der Waals surface area contributed by atoms with E-state index in [1.54, 1.807) is 7.05 Å². The minimum absolute atomic E-state index is 0.0610. The van der Waals surface area contributed by atoms with E-state index in [1.807, 2.05) is 15.9 Å². The molecule has 1 aromatic heterocycles. The van der Waals surface area contributed by atoms with Crippen molar-refractivity contribution in [2.75, 3.05) is 44.3 Å². The first-order valence-electron chi connectivity index (χ1n) is 8.77. The lowest BCUT2D eigenvalue weighted by Crippen LogP contribution is -2.50. The molecule has 2 aliphatic heterocycles. The fourth-order valence-electron chi connectivity index (χ4n) is 3.71. The third-order valence-corrected chi connectivity index (χ3v) is 5.14. The van der Waals surface area contributed by atoms with Gasteiger partial charge in [-0.3, -0.25) is 18.7 Å². The zero-order valence-electron chi connectivity index (χ0n) is 15.1. The highest BCUT2D eigenvalue weighted by Crippen LogP contribution is 2.25. The topological polar surface area (TPSA) is 101 Å². The molecule has 26 heavy (non-hydrogen) atoms. The molecule has 2 aliphatic rings. The summed E-state index contributed by atoms with van der Waals surface area (Å²) in [4.78, 5) is 41.0. The number of aromatic nitrogens is 2. The maximum absolute atomic E-state index is 12.8. The number of anilines is 1. The molecule has 0 saturated carbocycles. The van der Waals surface area contributed by atoms with Crippen LogP contribution in [0.3, 0.4) is 0 Å². The fraction of sp³-hybridized carbons (Fsp3) is 0.647. The second-order valence-electron chi connectivity index (χ2n) is 6.74. The SMILES string of the molecule is Cn1c(N2CCC[C@@H](C(=O)N3CCOCC3)C2)c(C#N)c(=O)n(C)c1=O. The summed E-state index contributed by atoms with van der Waals surface area (Å²) < 4.78 is 7.55. The van der Waals surface area contributed by atoms with E-state index in [-0.39, 0.29) is 17.4 Å². The molecule has 1 atom stereocenters. The summed E-state index contributed by atoms with van der Waals surface area (Å²) in [5.41, 5.74) is -1.15. The van der Waals surface area contributed by atoms with Gasteiger partial charge in [-0.05, 0) is 12.8 Å². The number of piperidine rings is 1. The third-order valence-electron chi connectivity index (χ3n) is 5.14. The predicted molar refractivity (Wildman–Crippen MR) is 94.0 cm³/mol. The van der Waals surface area contributed by atoms with Crippen LogP contribution in [-0.2, 0) is 23.6 Å². The van der Waals surface area contributed by atoms with Crippen LogP contribution in [-0.4, -0.2) is 59.3 Å². The zero-order valence-corrected chi connectivity index (χ0v) is 15.1. The molecule has 0 radical (unpaired) electrons. The summed E-state index contributed by atoms with van der Waals surface area (Å²) >= 11 is 0. The maximum atomic E-state index is 12.8. The van der Waals surface area contributed by atoms with Gasteiger partial charge in [0.1, 0.15) is 11.9 Å². The lowest BCUT2D eigenvalue weighted by atomic mass is 9.96. The minimum atomic E-state index is -0.604. The van der Waals surface area contributed by atoms with Crippen molar-refractivity contribution in [3.8, 4) is 6.07 Å². The fourth-order valence-corrected chi connectivity index (χ4v) is 3.71. The molecule has 3 heterocycles. The van der Waals surface area contributed by atoms with Crippen molar-refractivity contribution < 1.29 is 9.53 Å². The van der Waals surface area contributed by atoms with Crippen molar-refractivity contribution in [1.29, 1.82) is 5.26 Å². The van der Waals surface area contributed by atoms with Gasteiger partial charge in [0.15, 0.2) is 5.56 Å². The molecular formula is C17H23N5O4. The Labute approximate surface area is 151 Å². The highest BCUT2D eigenvalue weighted by Gasteiger charge is 2.32. The molecule has 0 aromatic carbocycles. The van der Waals surface area contributed by atoms with E-state index >= 15 is 0 Å². The molecule has 9 heteroatoms. The zero-order chi connectivity index (χ0) is 18.8. The number of ether oxygens (including phenoxy) is 1. The van der Waals surface area contributed by atoms with Crippen LogP contribution < -0.4 is 16.1 Å². The smallest absolute Gasteiger partial charge is 0.332 e. The number of hydrogen-bond donors (Lipinski definition) is 0. The molecule has 0 spiro atoms. The maximum Gasteiger partial charge on any atom is 0.332 e. The number of carbonyl (C=O) groups is 1. The average molecular weight is 361 g/mol. The third kappa shape index (κ3) is 3.12. The second kappa shape index (κ2) is 7.33. The number of nitriles is 1. The molecule has 1 amide bonds. The lowest BCUT2D eigenvalue weighted by molar-refractivity contribution is -0.139. The van der Waals surface area contributed by atoms with Crippen LogP contribution in [0.2, 0.25) is 0 Å². The molecular weight excluding hydrogens is 338 g/mol. The Morgan fingerprint density at radius 1 is 1.15 bits per heavy atom. The van der Waals surface area contributed by atoms with Crippen LogP contribution >= 0.6 is 0 Å². The molecule has 0 bridgehead atoms. The van der Waals surface area contributed by atoms with Crippen LogP contribution in [0.1, 0.15) is 18.4 Å². The Kier molecular flexibility index (Phi) is 5.13. The quantitative estimate of drug-likeness (QED) is 0.672. The summed E-state index contributed by atoms with van der Waals surface area (Å²) in [6.45, 7) is 3.26. The number of morpholine rings is 1. The van der Waals surface area contributed by atoms with Crippen molar-refractivity contribution in [3.63, 3.8) is 0 Å². The van der Waals surface area contributed by atoms with E-state index in [4.69, 9.17) is 4.74 Å². The molecule has 1 aromatic rings. The minimum Gasteiger partial charge on any atom is -0.378 e. The van der Waals surface area contributed by atoms with Crippen LogP contribution in [0.25, 0.3) is 0 Å². The normalized spacial score (nSPS) is 20.7. The van der Waals surface area contributed by atoms with Gasteiger partial charge in [-0.15, -0.1) is 0 Å². The van der Waals surface area contributed by atoms with Crippen LogP contribution in [0, 0.1) is 17.2 Å². The number of hydrogen-bond acceptors (Lipinski definition) is 6. The second-order valence-corrected chi connectivity index (χ2v) is 6.74. The van der Waals surface area contributed by atoms with Crippen molar-refractivity contribution in [2.45, 2.75) is 12.8 Å². The molecule has 3 rings (SSSR count). The van der Waals surface area contributed by atoms with E-state index in [1.165, 1.54) is 11.6 Å². The molecule has 0 unspecified atom stereocenters. The van der Waals surface area contributed by atoms with Gasteiger partial charge < -0.3 is 14.5 Å². The van der Waals surface area contributed by atoms with Crippen molar-refractivity contribution in [3.05, 3.63) is 26.4 Å². The van der Waals surface area contributed by atoms with Gasteiger partial charge in [-0.1, -0.05) is 0 Å². The first kappa shape index (κ1) is 18.2. The molecule has 9 nitrogen and oxygen atoms in total. The van der Waals surface area contributed by atoms with Crippen molar-refractivity contribution >= 4 is 11.7 Å². The summed E-state index contributed by atoms with van der Waals surface area (Å²) in [7, 11) is 2.90. The summed E-state index contributed by atoms with van der Waals surface area (Å²) in [6, 6.07) is 1.93. The summed E-state index contributed by atoms with van der Waals surface area (Å²) in [5, 5.41) is 9.45. The van der Waals surface area contributed by atoms with E-state index < -0.39 is 11.2 Å². The Morgan fingerprint density at radius 3 is 2.50 bits per heavy atom. The Hall–Kier alpha value is -2.60. The average Bonchev–Trinajstić information content (AvgIpc) is 2.69. The van der Waals surface area contributed by atoms with E-state index in [0.717, 1.165) is 17.4 Å². The van der Waals surface area contributed by atoms with Gasteiger partial charge in [0.2, 0.25) is 5.91 Å². The number of amides is 1. The monoisotopic (exact) mass is 361 g/mol. The Balaban J connectivity index is 1.91. The van der Waals surface area contributed by atoms with Crippen LogP contribution in [0.15, 0.2) is 9.59 Å². The van der Waals surface area contributed by atoms with Gasteiger partial charge in [0.05, 0.1) is 19.1 Å². The molecule has 140 valence electrons. The number of carbonyl (C=O) groups excluding carboxylic acids is 1. The van der Waals surface area contributed by atoms with Gasteiger partial charge in [-0.25, -0.2) is 4.79 Å². The van der Waals surface area contributed by atoms with E-state index in [0.29, 0.717) is 45.2 Å². The summed E-state index contributed by atoms with van der Waals surface area (Å²) in [6.07, 6.45) is 1.52. The first-order chi connectivity index (χ1) is 12.5. The largest absolute Gasteiger partial charge is 0.378 e. The van der Waals surface area contributed by atoms with Crippen LogP contribution in [0.4, 0.5) is 5.82 Å². The number of rotatable bonds is 2. The number of nitrogens with zero attached hydrogens (tertiary/aromatic N) is 5. The molecule has 0 N–H and O–H groups in total. The predicted octanol–water partition coefficient (Wildman–Crippen LogP) is -0.969. The van der Waals surface area contributed by atoms with E-state index in [9.17, 15) is 19.6 Å². The van der Waals surface area contributed by atoms with Gasteiger partial charge >= 0.3 is 5.69 Å².